The quantitative estimate of drug-likeness (QED) is 0.522. The topological polar surface area (TPSA) is 92.4 Å². The number of carboxylic acid groups (broad SMARTS) is 1. The molecule has 156 valence electrons. The molecular weight excluding hydrogens is 380 g/mol. The Morgan fingerprint density at radius 1 is 1.17 bits per heavy atom. The Kier molecular flexibility index (Phi) is 4.68. The van der Waals surface area contributed by atoms with Gasteiger partial charge in [-0.1, -0.05) is 20.8 Å². The van der Waals surface area contributed by atoms with E-state index in [2.05, 4.69) is 0 Å². The molecule has 1 atom stereocenters. The zero-order chi connectivity index (χ0) is 21.8. The molecular formula is C24H26N2O4. The van der Waals surface area contributed by atoms with Crippen molar-refractivity contribution < 1.29 is 15.0 Å². The number of benzene rings is 1. The average molecular weight is 406 g/mol. The summed E-state index contributed by atoms with van der Waals surface area (Å²) in [5.74, 6) is -0.749. The van der Waals surface area contributed by atoms with Crippen LogP contribution in [-0.4, -0.2) is 25.7 Å². The van der Waals surface area contributed by atoms with Crippen molar-refractivity contribution in [1.29, 1.82) is 0 Å². The molecule has 1 aliphatic heterocycles. The molecule has 6 heteroatoms. The summed E-state index contributed by atoms with van der Waals surface area (Å²) >= 11 is 0. The van der Waals surface area contributed by atoms with Gasteiger partial charge in [-0.05, 0) is 61.6 Å². The van der Waals surface area contributed by atoms with Gasteiger partial charge in [0.05, 0.1) is 28.9 Å². The molecule has 0 fully saturated rings. The molecule has 4 rings (SSSR count). The Hall–Kier alpha value is -3.15. The van der Waals surface area contributed by atoms with Crippen molar-refractivity contribution in [1.82, 2.24) is 9.55 Å². The van der Waals surface area contributed by atoms with Crippen LogP contribution >= 0.6 is 0 Å². The van der Waals surface area contributed by atoms with Crippen molar-refractivity contribution >= 4 is 16.9 Å². The van der Waals surface area contributed by atoms with E-state index in [-0.39, 0.29) is 11.3 Å². The van der Waals surface area contributed by atoms with E-state index in [9.17, 15) is 19.8 Å². The van der Waals surface area contributed by atoms with Gasteiger partial charge in [-0.2, -0.15) is 0 Å². The number of rotatable bonds is 5. The van der Waals surface area contributed by atoms with Crippen LogP contribution in [0.2, 0.25) is 0 Å². The van der Waals surface area contributed by atoms with E-state index in [4.69, 9.17) is 4.98 Å². The molecule has 2 N–H and O–H groups in total. The Bertz CT molecular complexity index is 1260. The molecule has 0 bridgehead atoms. The molecule has 1 aliphatic rings. The van der Waals surface area contributed by atoms with E-state index in [1.54, 1.807) is 29.7 Å². The highest BCUT2D eigenvalue weighted by atomic mass is 16.4. The maximum Gasteiger partial charge on any atom is 0.313 e. The maximum atomic E-state index is 13.4. The second-order valence-electron chi connectivity index (χ2n) is 8.13. The summed E-state index contributed by atoms with van der Waals surface area (Å²) in [5.41, 5.74) is 4.04. The minimum absolute atomic E-state index is 0.141. The van der Waals surface area contributed by atoms with Gasteiger partial charge in [0.15, 0.2) is 0 Å². The minimum Gasteiger partial charge on any atom is -0.508 e. The van der Waals surface area contributed by atoms with Crippen molar-refractivity contribution in [2.45, 2.75) is 58.9 Å². The maximum absolute atomic E-state index is 13.4. The van der Waals surface area contributed by atoms with E-state index < -0.39 is 11.4 Å². The van der Waals surface area contributed by atoms with Gasteiger partial charge in [0.25, 0.3) is 5.56 Å². The lowest BCUT2D eigenvalue weighted by atomic mass is 9.77. The zero-order valence-electron chi connectivity index (χ0n) is 17.7. The number of aryl methyl sites for hydroxylation is 1. The van der Waals surface area contributed by atoms with Crippen LogP contribution in [0.25, 0.3) is 22.3 Å². The summed E-state index contributed by atoms with van der Waals surface area (Å²) in [6.07, 6.45) is 1.59. The molecule has 0 saturated carbocycles. The fourth-order valence-corrected chi connectivity index (χ4v) is 4.63. The second kappa shape index (κ2) is 6.97. The van der Waals surface area contributed by atoms with E-state index in [0.717, 1.165) is 34.1 Å². The number of aromatic hydroxyl groups is 1. The number of pyridine rings is 2. The van der Waals surface area contributed by atoms with Crippen molar-refractivity contribution in [2.75, 3.05) is 0 Å². The SMILES string of the molecule is CCc1c([C@@](C)(CC)C(=O)O)cc2n(c1=O)Cc1c-2nc2ccc(O)cc2c1CC. The molecule has 2 aromatic heterocycles. The van der Waals surface area contributed by atoms with Gasteiger partial charge in [-0.25, -0.2) is 4.98 Å². The fraction of sp³-hybridized carbons (Fsp3) is 0.375. The number of carboxylic acids is 1. The molecule has 0 spiro atoms. The molecule has 1 aromatic carbocycles. The van der Waals surface area contributed by atoms with Gasteiger partial charge >= 0.3 is 5.97 Å². The summed E-state index contributed by atoms with van der Waals surface area (Å²) in [7, 11) is 0. The Balaban J connectivity index is 2.08. The first-order valence-corrected chi connectivity index (χ1v) is 10.4. The van der Waals surface area contributed by atoms with Crippen LogP contribution in [0, 0.1) is 0 Å². The number of aromatic nitrogens is 2. The number of hydrogen-bond donors (Lipinski definition) is 2. The molecule has 0 unspecified atom stereocenters. The number of carbonyl (C=O) groups is 1. The summed E-state index contributed by atoms with van der Waals surface area (Å²) < 4.78 is 1.72. The Morgan fingerprint density at radius 2 is 1.87 bits per heavy atom. The highest BCUT2D eigenvalue weighted by molar-refractivity contribution is 5.89. The van der Waals surface area contributed by atoms with Crippen LogP contribution in [0.4, 0.5) is 0 Å². The number of fused-ring (bicyclic) bond motifs is 4. The molecule has 6 nitrogen and oxygen atoms in total. The monoisotopic (exact) mass is 406 g/mol. The highest BCUT2D eigenvalue weighted by Gasteiger charge is 2.38. The van der Waals surface area contributed by atoms with Gasteiger partial charge in [0.2, 0.25) is 0 Å². The van der Waals surface area contributed by atoms with Crippen LogP contribution in [0.15, 0.2) is 29.1 Å². The summed E-state index contributed by atoms with van der Waals surface area (Å²) in [6.45, 7) is 7.87. The summed E-state index contributed by atoms with van der Waals surface area (Å²) in [5, 5.41) is 20.8. The van der Waals surface area contributed by atoms with Gasteiger partial charge in [0.1, 0.15) is 5.75 Å². The Morgan fingerprint density at radius 3 is 2.47 bits per heavy atom. The molecule has 0 amide bonds. The lowest BCUT2D eigenvalue weighted by molar-refractivity contribution is -0.143. The molecule has 0 saturated heterocycles. The molecule has 3 aromatic rings. The Labute approximate surface area is 174 Å². The number of hydrogen-bond acceptors (Lipinski definition) is 4. The third kappa shape index (κ3) is 2.66. The lowest BCUT2D eigenvalue weighted by Crippen LogP contribution is -2.36. The summed E-state index contributed by atoms with van der Waals surface area (Å²) in [6, 6.07) is 6.96. The first-order chi connectivity index (χ1) is 14.3. The van der Waals surface area contributed by atoms with E-state index in [0.29, 0.717) is 36.2 Å². The molecule has 3 heterocycles. The first-order valence-electron chi connectivity index (χ1n) is 10.4. The smallest absolute Gasteiger partial charge is 0.313 e. The van der Waals surface area contributed by atoms with Crippen LogP contribution in [0.1, 0.15) is 56.4 Å². The molecule has 0 radical (unpaired) electrons. The standard InChI is InChI=1S/C24H26N2O4/c1-5-14-16-10-13(27)8-9-19(16)25-21-17(14)12-26-20(21)11-18(15(6-2)22(26)28)24(4,7-3)23(29)30/h8-11,27H,5-7,12H2,1-4H3,(H,29,30)/t24-/m1/s1. The van der Waals surface area contributed by atoms with Gasteiger partial charge in [-0.3, -0.25) is 9.59 Å². The van der Waals surface area contributed by atoms with Crippen LogP contribution in [0.5, 0.6) is 5.75 Å². The fourth-order valence-electron chi connectivity index (χ4n) is 4.63. The van der Waals surface area contributed by atoms with Crippen molar-refractivity contribution in [3.05, 3.63) is 56.9 Å². The van der Waals surface area contributed by atoms with E-state index in [1.165, 1.54) is 0 Å². The van der Waals surface area contributed by atoms with Crippen LogP contribution < -0.4 is 5.56 Å². The third-order valence-corrected chi connectivity index (χ3v) is 6.63. The predicted molar refractivity (Wildman–Crippen MR) is 116 cm³/mol. The molecule has 0 aliphatic carbocycles. The number of aliphatic carboxylic acids is 1. The van der Waals surface area contributed by atoms with Crippen molar-refractivity contribution in [2.24, 2.45) is 0 Å². The van der Waals surface area contributed by atoms with E-state index in [1.807, 2.05) is 26.8 Å². The number of nitrogens with zero attached hydrogens (tertiary/aromatic N) is 2. The number of phenols is 1. The van der Waals surface area contributed by atoms with Gasteiger partial charge in [-0.15, -0.1) is 0 Å². The highest BCUT2D eigenvalue weighted by Crippen LogP contribution is 2.39. The minimum atomic E-state index is -1.14. The van der Waals surface area contributed by atoms with Crippen molar-refractivity contribution in [3.8, 4) is 17.1 Å². The second-order valence-corrected chi connectivity index (χ2v) is 8.13. The summed E-state index contributed by atoms with van der Waals surface area (Å²) in [4.78, 5) is 30.4. The number of phenolic OH excluding ortho intramolecular Hbond substituents is 1. The lowest BCUT2D eigenvalue weighted by Gasteiger charge is -2.27. The van der Waals surface area contributed by atoms with Gasteiger partial charge < -0.3 is 14.8 Å². The van der Waals surface area contributed by atoms with Gasteiger partial charge in [0, 0.05) is 16.5 Å². The zero-order valence-corrected chi connectivity index (χ0v) is 17.7. The van der Waals surface area contributed by atoms with Crippen LogP contribution in [0.3, 0.4) is 0 Å². The normalized spacial score (nSPS) is 14.4. The molecule has 30 heavy (non-hydrogen) atoms. The first kappa shape index (κ1) is 20.1. The van der Waals surface area contributed by atoms with E-state index >= 15 is 0 Å². The average Bonchev–Trinajstić information content (AvgIpc) is 3.09. The van der Waals surface area contributed by atoms with Crippen LogP contribution in [-0.2, 0) is 29.6 Å². The van der Waals surface area contributed by atoms with Crippen molar-refractivity contribution in [3.63, 3.8) is 0 Å². The predicted octanol–water partition coefficient (Wildman–Crippen LogP) is 4.01. The largest absolute Gasteiger partial charge is 0.508 e. The third-order valence-electron chi connectivity index (χ3n) is 6.63.